The summed E-state index contributed by atoms with van der Waals surface area (Å²) in [7, 11) is -3.38. The van der Waals surface area contributed by atoms with E-state index in [0.29, 0.717) is 11.4 Å². The highest BCUT2D eigenvalue weighted by atomic mass is 32.2. The number of nitrogens with two attached hydrogens (primary N) is 1. The Morgan fingerprint density at radius 1 is 1.50 bits per heavy atom. The van der Waals surface area contributed by atoms with E-state index in [4.69, 9.17) is 15.7 Å². The smallest absolute Gasteiger partial charge is 0.232 e. The summed E-state index contributed by atoms with van der Waals surface area (Å²) < 4.78 is 30.5. The maximum atomic E-state index is 11.5. The molecule has 0 saturated heterocycles. The molecule has 0 aliphatic carbocycles. The number of nitrogens with one attached hydrogen (secondary N) is 1. The number of benzene rings is 1. The van der Waals surface area contributed by atoms with Crippen molar-refractivity contribution in [2.45, 2.75) is 6.92 Å². The van der Waals surface area contributed by atoms with Crippen molar-refractivity contribution < 1.29 is 18.4 Å². The van der Waals surface area contributed by atoms with Crippen LogP contribution in [0, 0.1) is 0 Å². The van der Waals surface area contributed by atoms with Gasteiger partial charge in [0.1, 0.15) is 12.4 Å². The Hall–Kier alpha value is -1.96. The van der Waals surface area contributed by atoms with Gasteiger partial charge in [0.15, 0.2) is 5.84 Å². The lowest BCUT2D eigenvalue weighted by atomic mass is 10.3. The molecule has 18 heavy (non-hydrogen) atoms. The molecule has 100 valence electrons. The topological polar surface area (TPSA) is 114 Å². The number of oxime groups is 1. The second kappa shape index (κ2) is 6.10. The summed E-state index contributed by atoms with van der Waals surface area (Å²) in [5.74, 6) is 0.158. The summed E-state index contributed by atoms with van der Waals surface area (Å²) in [5.41, 5.74) is 5.57. The average molecular weight is 273 g/mol. The molecule has 0 aromatic heterocycles. The third-order valence-corrected chi connectivity index (χ3v) is 3.33. The third-order valence-electron chi connectivity index (χ3n) is 2.04. The second-order valence-corrected chi connectivity index (χ2v) is 5.39. The minimum absolute atomic E-state index is 0.0401. The highest BCUT2D eigenvalue weighted by Gasteiger charge is 2.11. The van der Waals surface area contributed by atoms with Crippen molar-refractivity contribution in [2.75, 3.05) is 17.1 Å². The molecule has 0 spiro atoms. The molecule has 0 fully saturated rings. The van der Waals surface area contributed by atoms with E-state index in [1.165, 1.54) is 6.92 Å². The Bertz CT molecular complexity index is 528. The molecule has 0 aliphatic rings. The number of sulfonamides is 1. The molecular formula is C10H15N3O4S. The number of rotatable bonds is 6. The van der Waals surface area contributed by atoms with Gasteiger partial charge in [0.2, 0.25) is 10.0 Å². The fraction of sp³-hybridized carbons (Fsp3) is 0.300. The predicted molar refractivity (Wildman–Crippen MR) is 68.4 cm³/mol. The molecule has 0 atom stereocenters. The zero-order chi connectivity index (χ0) is 13.6. The van der Waals surface area contributed by atoms with Gasteiger partial charge in [0.25, 0.3) is 0 Å². The molecule has 0 aliphatic heterocycles. The van der Waals surface area contributed by atoms with E-state index in [9.17, 15) is 8.42 Å². The van der Waals surface area contributed by atoms with Gasteiger partial charge >= 0.3 is 0 Å². The fourth-order valence-electron chi connectivity index (χ4n) is 1.10. The van der Waals surface area contributed by atoms with Crippen LogP contribution in [0.4, 0.5) is 5.69 Å². The Labute approximate surface area is 105 Å². The lowest BCUT2D eigenvalue weighted by Gasteiger charge is -2.12. The van der Waals surface area contributed by atoms with E-state index >= 15 is 0 Å². The van der Waals surface area contributed by atoms with Crippen LogP contribution in [-0.4, -0.2) is 31.8 Å². The molecule has 1 rings (SSSR count). The van der Waals surface area contributed by atoms with E-state index in [-0.39, 0.29) is 18.2 Å². The van der Waals surface area contributed by atoms with Crippen LogP contribution in [-0.2, 0) is 10.0 Å². The maximum Gasteiger partial charge on any atom is 0.232 e. The van der Waals surface area contributed by atoms with Gasteiger partial charge < -0.3 is 15.7 Å². The first kappa shape index (κ1) is 14.1. The van der Waals surface area contributed by atoms with E-state index < -0.39 is 10.0 Å². The largest absolute Gasteiger partial charge is 0.483 e. The van der Waals surface area contributed by atoms with Crippen LogP contribution in [0.5, 0.6) is 5.75 Å². The van der Waals surface area contributed by atoms with E-state index in [2.05, 4.69) is 9.88 Å². The Morgan fingerprint density at radius 3 is 2.78 bits per heavy atom. The van der Waals surface area contributed by atoms with Crippen LogP contribution < -0.4 is 15.2 Å². The van der Waals surface area contributed by atoms with Crippen molar-refractivity contribution >= 4 is 21.5 Å². The van der Waals surface area contributed by atoms with E-state index in [1.54, 1.807) is 24.3 Å². The first-order valence-electron chi connectivity index (χ1n) is 5.17. The molecule has 1 aromatic rings. The van der Waals surface area contributed by atoms with Crippen molar-refractivity contribution in [2.24, 2.45) is 10.9 Å². The summed E-state index contributed by atoms with van der Waals surface area (Å²) >= 11 is 0. The van der Waals surface area contributed by atoms with Gasteiger partial charge in [0.05, 0.1) is 11.4 Å². The molecule has 0 bridgehead atoms. The van der Waals surface area contributed by atoms with Gasteiger partial charge in [-0.3, -0.25) is 4.72 Å². The SMILES string of the molecule is CCS(=O)(=O)Nc1ccccc1OC/C(N)=N/O. The quantitative estimate of drug-likeness (QED) is 0.303. The van der Waals surface area contributed by atoms with Gasteiger partial charge in [-0.25, -0.2) is 8.42 Å². The van der Waals surface area contributed by atoms with Gasteiger partial charge in [-0.2, -0.15) is 0 Å². The number of para-hydroxylation sites is 2. The number of nitrogens with zero attached hydrogens (tertiary/aromatic N) is 1. The Morgan fingerprint density at radius 2 is 2.17 bits per heavy atom. The van der Waals surface area contributed by atoms with Gasteiger partial charge in [-0.1, -0.05) is 17.3 Å². The summed E-state index contributed by atoms with van der Waals surface area (Å²) in [6, 6.07) is 6.50. The van der Waals surface area contributed by atoms with Gasteiger partial charge in [0, 0.05) is 0 Å². The molecule has 0 radical (unpaired) electrons. The molecule has 7 nitrogen and oxygen atoms in total. The molecule has 0 unspecified atom stereocenters. The molecular weight excluding hydrogens is 258 g/mol. The van der Waals surface area contributed by atoms with Crippen molar-refractivity contribution in [3.05, 3.63) is 24.3 Å². The van der Waals surface area contributed by atoms with Crippen molar-refractivity contribution in [3.8, 4) is 5.75 Å². The summed E-state index contributed by atoms with van der Waals surface area (Å²) in [4.78, 5) is 0. The van der Waals surface area contributed by atoms with E-state index in [0.717, 1.165) is 0 Å². The van der Waals surface area contributed by atoms with Crippen molar-refractivity contribution in [1.82, 2.24) is 0 Å². The minimum atomic E-state index is -3.38. The maximum absolute atomic E-state index is 11.5. The fourth-order valence-corrected chi connectivity index (χ4v) is 1.75. The Balaban J connectivity index is 2.86. The lowest BCUT2D eigenvalue weighted by molar-refractivity contribution is 0.306. The number of ether oxygens (including phenoxy) is 1. The van der Waals surface area contributed by atoms with Crippen LogP contribution in [0.25, 0.3) is 0 Å². The van der Waals surface area contributed by atoms with Crippen LogP contribution in [0.3, 0.4) is 0 Å². The van der Waals surface area contributed by atoms with Gasteiger partial charge in [-0.05, 0) is 19.1 Å². The zero-order valence-corrected chi connectivity index (χ0v) is 10.6. The standard InChI is InChI=1S/C10H15N3O4S/c1-2-18(15,16)13-8-5-3-4-6-9(8)17-7-10(11)12-14/h3-6,13-14H,2,7H2,1H3,(H2,11,12). The molecule has 0 saturated carbocycles. The highest BCUT2D eigenvalue weighted by molar-refractivity contribution is 7.92. The molecule has 0 amide bonds. The molecule has 8 heteroatoms. The van der Waals surface area contributed by atoms with E-state index in [1.807, 2.05) is 0 Å². The summed E-state index contributed by atoms with van der Waals surface area (Å²) in [5, 5.41) is 11.1. The van der Waals surface area contributed by atoms with Crippen LogP contribution in [0.1, 0.15) is 6.92 Å². The predicted octanol–water partition coefficient (Wildman–Crippen LogP) is 0.573. The number of anilines is 1. The normalized spacial score (nSPS) is 12.2. The first-order chi connectivity index (χ1) is 8.48. The number of hydrogen-bond acceptors (Lipinski definition) is 5. The zero-order valence-electron chi connectivity index (χ0n) is 9.83. The minimum Gasteiger partial charge on any atom is -0.483 e. The number of amidine groups is 1. The summed E-state index contributed by atoms with van der Waals surface area (Å²) in [6.07, 6.45) is 0. The highest BCUT2D eigenvalue weighted by Crippen LogP contribution is 2.24. The first-order valence-corrected chi connectivity index (χ1v) is 6.82. The Kier molecular flexibility index (Phi) is 4.78. The van der Waals surface area contributed by atoms with Crippen molar-refractivity contribution in [3.63, 3.8) is 0 Å². The average Bonchev–Trinajstić information content (AvgIpc) is 2.37. The van der Waals surface area contributed by atoms with Crippen LogP contribution >= 0.6 is 0 Å². The van der Waals surface area contributed by atoms with Crippen LogP contribution in [0.15, 0.2) is 29.4 Å². The van der Waals surface area contributed by atoms with Crippen LogP contribution in [0.2, 0.25) is 0 Å². The number of hydrogen-bond donors (Lipinski definition) is 3. The van der Waals surface area contributed by atoms with Gasteiger partial charge in [-0.15, -0.1) is 0 Å². The second-order valence-electron chi connectivity index (χ2n) is 3.38. The molecule has 1 aromatic carbocycles. The molecule has 4 N–H and O–H groups in total. The third kappa shape index (κ3) is 4.13. The monoisotopic (exact) mass is 273 g/mol. The summed E-state index contributed by atoms with van der Waals surface area (Å²) in [6.45, 7) is 1.39. The van der Waals surface area contributed by atoms with Crippen molar-refractivity contribution in [1.29, 1.82) is 0 Å². The lowest BCUT2D eigenvalue weighted by Crippen LogP contribution is -2.21. The molecule has 0 heterocycles.